The standard InChI is InChI=1S/C9H10ClN3O/c10-4-1-2-5-11-9(14)8-3-6-12-13-7-8/h1-3,6-7H,4-5H2,(H,11,14)/b2-1+. The number of aromatic nitrogens is 2. The Morgan fingerprint density at radius 1 is 1.50 bits per heavy atom. The maximum atomic E-state index is 11.4. The van der Waals surface area contributed by atoms with Crippen LogP contribution in [0, 0.1) is 0 Å². The third-order valence-electron chi connectivity index (χ3n) is 1.48. The molecule has 0 unspecified atom stereocenters. The number of hydrogen-bond acceptors (Lipinski definition) is 3. The molecular weight excluding hydrogens is 202 g/mol. The van der Waals surface area contributed by atoms with Gasteiger partial charge in [-0.05, 0) is 6.07 Å². The molecule has 4 nitrogen and oxygen atoms in total. The summed E-state index contributed by atoms with van der Waals surface area (Å²) in [6.45, 7) is 0.466. The van der Waals surface area contributed by atoms with E-state index in [4.69, 9.17) is 11.6 Å². The zero-order valence-corrected chi connectivity index (χ0v) is 8.24. The maximum absolute atomic E-state index is 11.4. The molecule has 0 saturated heterocycles. The summed E-state index contributed by atoms with van der Waals surface area (Å²) in [5, 5.41) is 9.86. The number of nitrogens with zero attached hydrogens (tertiary/aromatic N) is 2. The van der Waals surface area contributed by atoms with Crippen LogP contribution in [0.5, 0.6) is 0 Å². The van der Waals surface area contributed by atoms with Crippen LogP contribution in [-0.2, 0) is 0 Å². The van der Waals surface area contributed by atoms with Gasteiger partial charge in [0.2, 0.25) is 0 Å². The first-order valence-corrected chi connectivity index (χ1v) is 4.64. The van der Waals surface area contributed by atoms with E-state index in [2.05, 4.69) is 15.5 Å². The number of hydrogen-bond donors (Lipinski definition) is 1. The first-order valence-electron chi connectivity index (χ1n) is 4.10. The Morgan fingerprint density at radius 3 is 3.00 bits per heavy atom. The molecule has 0 radical (unpaired) electrons. The molecule has 0 bridgehead atoms. The number of rotatable bonds is 4. The van der Waals surface area contributed by atoms with Gasteiger partial charge in [-0.3, -0.25) is 4.79 Å². The summed E-state index contributed by atoms with van der Waals surface area (Å²) in [5.41, 5.74) is 0.499. The van der Waals surface area contributed by atoms with E-state index in [1.165, 1.54) is 12.4 Å². The van der Waals surface area contributed by atoms with Crippen LogP contribution in [0.1, 0.15) is 10.4 Å². The Bertz CT molecular complexity index is 313. The fourth-order valence-corrected chi connectivity index (χ4v) is 0.951. The lowest BCUT2D eigenvalue weighted by Gasteiger charge is -1.99. The van der Waals surface area contributed by atoms with Crippen molar-refractivity contribution in [1.82, 2.24) is 15.5 Å². The number of allylic oxidation sites excluding steroid dienone is 1. The highest BCUT2D eigenvalue weighted by atomic mass is 35.5. The molecule has 1 rings (SSSR count). The molecule has 1 N–H and O–H groups in total. The zero-order chi connectivity index (χ0) is 10.2. The van der Waals surface area contributed by atoms with Crippen molar-refractivity contribution in [3.05, 3.63) is 36.2 Å². The molecule has 14 heavy (non-hydrogen) atoms. The lowest BCUT2D eigenvalue weighted by Crippen LogP contribution is -2.23. The third kappa shape index (κ3) is 3.53. The summed E-state index contributed by atoms with van der Waals surface area (Å²) in [7, 11) is 0. The highest BCUT2D eigenvalue weighted by Gasteiger charge is 2.02. The highest BCUT2D eigenvalue weighted by Crippen LogP contribution is 1.92. The number of carbonyl (C=O) groups excluding carboxylic acids is 1. The van der Waals surface area contributed by atoms with E-state index in [9.17, 15) is 4.79 Å². The van der Waals surface area contributed by atoms with Gasteiger partial charge in [-0.2, -0.15) is 10.2 Å². The average Bonchev–Trinajstić information content (AvgIpc) is 2.25. The molecule has 0 aliphatic carbocycles. The summed E-state index contributed by atoms with van der Waals surface area (Å²) < 4.78 is 0. The second-order valence-corrected chi connectivity index (χ2v) is 2.78. The minimum atomic E-state index is -0.167. The van der Waals surface area contributed by atoms with Gasteiger partial charge in [-0.25, -0.2) is 0 Å². The summed E-state index contributed by atoms with van der Waals surface area (Å²) in [6, 6.07) is 1.60. The minimum absolute atomic E-state index is 0.167. The van der Waals surface area contributed by atoms with Crippen LogP contribution in [0.4, 0.5) is 0 Å². The van der Waals surface area contributed by atoms with Crippen molar-refractivity contribution < 1.29 is 4.79 Å². The molecular formula is C9H10ClN3O. The number of nitrogens with one attached hydrogen (secondary N) is 1. The van der Waals surface area contributed by atoms with Crippen molar-refractivity contribution >= 4 is 17.5 Å². The fourth-order valence-electron chi connectivity index (χ4n) is 0.825. The van der Waals surface area contributed by atoms with Crippen molar-refractivity contribution in [1.29, 1.82) is 0 Å². The first-order chi connectivity index (χ1) is 6.84. The summed E-state index contributed by atoms with van der Waals surface area (Å²) in [4.78, 5) is 11.4. The van der Waals surface area contributed by atoms with Gasteiger partial charge in [-0.15, -0.1) is 11.6 Å². The molecule has 1 aromatic heterocycles. The van der Waals surface area contributed by atoms with Crippen molar-refractivity contribution in [3.63, 3.8) is 0 Å². The van der Waals surface area contributed by atoms with Crippen LogP contribution in [0.15, 0.2) is 30.6 Å². The number of amides is 1. The second kappa shape index (κ2) is 6.10. The largest absolute Gasteiger partial charge is 0.349 e. The monoisotopic (exact) mass is 211 g/mol. The molecule has 74 valence electrons. The first kappa shape index (κ1) is 10.7. The Labute approximate surface area is 87.0 Å². The van der Waals surface area contributed by atoms with E-state index in [0.29, 0.717) is 18.0 Å². The fraction of sp³-hybridized carbons (Fsp3) is 0.222. The number of carbonyl (C=O) groups is 1. The predicted octanol–water partition coefficient (Wildman–Crippen LogP) is 1.00. The van der Waals surface area contributed by atoms with Gasteiger partial charge in [0.15, 0.2) is 0 Å². The molecule has 0 fully saturated rings. The van der Waals surface area contributed by atoms with Gasteiger partial charge in [0.05, 0.1) is 18.0 Å². The van der Waals surface area contributed by atoms with Gasteiger partial charge in [-0.1, -0.05) is 12.2 Å². The van der Waals surface area contributed by atoms with E-state index in [-0.39, 0.29) is 5.91 Å². The quantitative estimate of drug-likeness (QED) is 0.597. The van der Waals surface area contributed by atoms with Crippen LogP contribution >= 0.6 is 11.6 Å². The van der Waals surface area contributed by atoms with Gasteiger partial charge >= 0.3 is 0 Å². The summed E-state index contributed by atoms with van der Waals surface area (Å²) in [5.74, 6) is 0.284. The molecule has 0 aliphatic rings. The second-order valence-electron chi connectivity index (χ2n) is 2.47. The molecule has 0 spiro atoms. The van der Waals surface area contributed by atoms with Gasteiger partial charge in [0.25, 0.3) is 5.91 Å². The molecule has 0 atom stereocenters. The zero-order valence-electron chi connectivity index (χ0n) is 7.48. The molecule has 1 aromatic rings. The number of alkyl halides is 1. The maximum Gasteiger partial charge on any atom is 0.253 e. The third-order valence-corrected chi connectivity index (χ3v) is 1.66. The highest BCUT2D eigenvalue weighted by molar-refractivity contribution is 6.18. The number of halogens is 1. The van der Waals surface area contributed by atoms with Crippen molar-refractivity contribution in [2.75, 3.05) is 12.4 Å². The summed E-state index contributed by atoms with van der Waals surface area (Å²) in [6.07, 6.45) is 6.45. The van der Waals surface area contributed by atoms with Crippen LogP contribution < -0.4 is 5.32 Å². The lowest BCUT2D eigenvalue weighted by molar-refractivity contribution is 0.0957. The van der Waals surface area contributed by atoms with Crippen molar-refractivity contribution in [2.24, 2.45) is 0 Å². The van der Waals surface area contributed by atoms with E-state index in [0.717, 1.165) is 0 Å². The Kier molecular flexibility index (Phi) is 4.64. The van der Waals surface area contributed by atoms with Crippen LogP contribution in [0.25, 0.3) is 0 Å². The molecule has 0 aliphatic heterocycles. The van der Waals surface area contributed by atoms with E-state index in [1.54, 1.807) is 18.2 Å². The SMILES string of the molecule is O=C(NC/C=C/CCl)c1ccnnc1. The van der Waals surface area contributed by atoms with Gasteiger partial charge < -0.3 is 5.32 Å². The topological polar surface area (TPSA) is 54.9 Å². The normalized spacial score (nSPS) is 10.4. The van der Waals surface area contributed by atoms with E-state index >= 15 is 0 Å². The average molecular weight is 212 g/mol. The molecule has 0 aromatic carbocycles. The van der Waals surface area contributed by atoms with Crippen LogP contribution in [0.3, 0.4) is 0 Å². The minimum Gasteiger partial charge on any atom is -0.349 e. The van der Waals surface area contributed by atoms with Gasteiger partial charge in [0.1, 0.15) is 0 Å². The predicted molar refractivity (Wildman–Crippen MR) is 54.2 cm³/mol. The molecule has 0 saturated carbocycles. The Morgan fingerprint density at radius 2 is 2.36 bits per heavy atom. The Hall–Kier alpha value is -1.42. The van der Waals surface area contributed by atoms with Gasteiger partial charge in [0, 0.05) is 12.4 Å². The van der Waals surface area contributed by atoms with Crippen molar-refractivity contribution in [2.45, 2.75) is 0 Å². The lowest BCUT2D eigenvalue weighted by atomic mass is 10.3. The molecule has 1 heterocycles. The van der Waals surface area contributed by atoms with E-state index in [1.807, 2.05) is 0 Å². The van der Waals surface area contributed by atoms with Crippen molar-refractivity contribution in [3.8, 4) is 0 Å². The smallest absolute Gasteiger partial charge is 0.253 e. The molecule has 5 heteroatoms. The molecule has 1 amide bonds. The Balaban J connectivity index is 2.40. The summed E-state index contributed by atoms with van der Waals surface area (Å²) >= 11 is 5.42. The van der Waals surface area contributed by atoms with E-state index < -0.39 is 0 Å². The van der Waals surface area contributed by atoms with Crippen LogP contribution in [-0.4, -0.2) is 28.5 Å². The van der Waals surface area contributed by atoms with Crippen LogP contribution in [0.2, 0.25) is 0 Å².